The second-order valence-electron chi connectivity index (χ2n) is 3.98. The van der Waals surface area contributed by atoms with Crippen LogP contribution in [0.25, 0.3) is 6.08 Å². The molecule has 0 aliphatic heterocycles. The van der Waals surface area contributed by atoms with Crippen molar-refractivity contribution in [3.8, 4) is 6.07 Å². The summed E-state index contributed by atoms with van der Waals surface area (Å²) in [5.41, 5.74) is 1.14. The van der Waals surface area contributed by atoms with Crippen LogP contribution >= 0.6 is 0 Å². The number of carbonyl (C=O) groups excluding carboxylic acids is 1. The van der Waals surface area contributed by atoms with Crippen molar-refractivity contribution in [2.24, 2.45) is 0 Å². The summed E-state index contributed by atoms with van der Waals surface area (Å²) in [5.74, 6) is -0.330. The SMILES string of the molecule is C=CC(=O)OCCCC.N#CC=CC=Cc1ccccc1.[SiH4]. The van der Waals surface area contributed by atoms with Gasteiger partial charge in [-0.3, -0.25) is 0 Å². The summed E-state index contributed by atoms with van der Waals surface area (Å²) in [4.78, 5) is 10.3. The summed E-state index contributed by atoms with van der Waals surface area (Å²) in [6, 6.07) is 11.9. The van der Waals surface area contributed by atoms with E-state index in [4.69, 9.17) is 5.26 Å². The number of esters is 1. The highest BCUT2D eigenvalue weighted by molar-refractivity contribution is 5.81. The predicted octanol–water partition coefficient (Wildman–Crippen LogP) is 2.84. The predicted molar refractivity (Wildman–Crippen MR) is 97.6 cm³/mol. The van der Waals surface area contributed by atoms with E-state index in [0.717, 1.165) is 18.4 Å². The Labute approximate surface area is 137 Å². The Morgan fingerprint density at radius 1 is 1.32 bits per heavy atom. The average molecular weight is 315 g/mol. The zero-order valence-electron chi connectivity index (χ0n) is 12.4. The minimum absolute atomic E-state index is 0. The summed E-state index contributed by atoms with van der Waals surface area (Å²) < 4.78 is 4.67. The molecule has 4 heteroatoms. The number of nitrogens with zero attached hydrogens (tertiary/aromatic N) is 1. The van der Waals surface area contributed by atoms with Gasteiger partial charge in [0.15, 0.2) is 0 Å². The number of unbranched alkanes of at least 4 members (excludes halogenated alkanes) is 1. The van der Waals surface area contributed by atoms with Gasteiger partial charge in [0.25, 0.3) is 0 Å². The monoisotopic (exact) mass is 315 g/mol. The van der Waals surface area contributed by atoms with Crippen molar-refractivity contribution in [1.29, 1.82) is 5.26 Å². The number of benzene rings is 1. The quantitative estimate of drug-likeness (QED) is 0.202. The Morgan fingerprint density at radius 2 is 2.00 bits per heavy atom. The second-order valence-corrected chi connectivity index (χ2v) is 3.98. The van der Waals surface area contributed by atoms with E-state index in [2.05, 4.69) is 11.3 Å². The third-order valence-electron chi connectivity index (χ3n) is 2.28. The Morgan fingerprint density at radius 3 is 2.55 bits per heavy atom. The minimum atomic E-state index is -0.330. The lowest BCUT2D eigenvalue weighted by atomic mass is 10.2. The lowest BCUT2D eigenvalue weighted by Crippen LogP contribution is -2.00. The average Bonchev–Trinajstić information content (AvgIpc) is 2.53. The molecule has 0 radical (unpaired) electrons. The van der Waals surface area contributed by atoms with Crippen molar-refractivity contribution in [2.75, 3.05) is 6.61 Å². The fraction of sp³-hybridized carbons (Fsp3) is 0.222. The first-order valence-corrected chi connectivity index (χ1v) is 6.81. The van der Waals surface area contributed by atoms with E-state index in [-0.39, 0.29) is 16.9 Å². The van der Waals surface area contributed by atoms with Gasteiger partial charge in [0.2, 0.25) is 0 Å². The van der Waals surface area contributed by atoms with Crippen molar-refractivity contribution in [3.63, 3.8) is 0 Å². The Kier molecular flexibility index (Phi) is 16.6. The van der Waals surface area contributed by atoms with Gasteiger partial charge >= 0.3 is 5.97 Å². The zero-order valence-corrected chi connectivity index (χ0v) is 12.4. The summed E-state index contributed by atoms with van der Waals surface area (Å²) in [6.45, 7) is 5.82. The van der Waals surface area contributed by atoms with E-state index in [1.54, 1.807) is 6.08 Å². The Hall–Kier alpha value is -2.38. The van der Waals surface area contributed by atoms with Crippen LogP contribution in [0.15, 0.2) is 61.2 Å². The molecule has 0 spiro atoms. The highest BCUT2D eigenvalue weighted by atomic mass is 28.1. The zero-order chi connectivity index (χ0) is 15.8. The number of hydrogen-bond acceptors (Lipinski definition) is 3. The molecule has 0 saturated carbocycles. The Bertz CT molecular complexity index is 502. The minimum Gasteiger partial charge on any atom is -0.463 e. The molecule has 0 aliphatic rings. The topological polar surface area (TPSA) is 50.1 Å². The molecule has 0 aromatic heterocycles. The van der Waals surface area contributed by atoms with Crippen LogP contribution in [0.3, 0.4) is 0 Å². The fourth-order valence-electron chi connectivity index (χ4n) is 1.21. The molecule has 0 N–H and O–H groups in total. The maximum atomic E-state index is 10.3. The highest BCUT2D eigenvalue weighted by Gasteiger charge is 1.91. The first kappa shape index (κ1) is 21.9. The summed E-state index contributed by atoms with van der Waals surface area (Å²) in [6.07, 6.45) is 10.1. The molecule has 1 rings (SSSR count). The van der Waals surface area contributed by atoms with Crippen LogP contribution in [-0.2, 0) is 9.53 Å². The van der Waals surface area contributed by atoms with Crippen molar-refractivity contribution >= 4 is 23.0 Å². The molecule has 0 fully saturated rings. The molecule has 0 atom stereocenters. The smallest absolute Gasteiger partial charge is 0.330 e. The summed E-state index contributed by atoms with van der Waals surface area (Å²) >= 11 is 0. The first-order chi connectivity index (χ1) is 10.2. The van der Waals surface area contributed by atoms with Crippen molar-refractivity contribution in [2.45, 2.75) is 19.8 Å². The van der Waals surface area contributed by atoms with Gasteiger partial charge in [-0.15, -0.1) is 0 Å². The number of nitriles is 1. The van der Waals surface area contributed by atoms with Gasteiger partial charge in [0.1, 0.15) is 0 Å². The van der Waals surface area contributed by atoms with Crippen LogP contribution in [0, 0.1) is 11.3 Å². The van der Waals surface area contributed by atoms with Gasteiger partial charge in [0, 0.05) is 12.2 Å². The molecule has 0 bridgehead atoms. The van der Waals surface area contributed by atoms with Gasteiger partial charge in [0.05, 0.1) is 12.7 Å². The first-order valence-electron chi connectivity index (χ1n) is 6.81. The second kappa shape index (κ2) is 16.7. The Balaban J connectivity index is 0. The number of carbonyl (C=O) groups is 1. The van der Waals surface area contributed by atoms with Crippen LogP contribution < -0.4 is 0 Å². The summed E-state index contributed by atoms with van der Waals surface area (Å²) in [5, 5.41) is 8.19. The molecule has 118 valence electrons. The van der Waals surface area contributed by atoms with Crippen LogP contribution in [0.1, 0.15) is 25.3 Å². The molecular formula is C18H25NO2Si. The largest absolute Gasteiger partial charge is 0.463 e. The van der Waals surface area contributed by atoms with E-state index >= 15 is 0 Å². The lowest BCUT2D eigenvalue weighted by Gasteiger charge is -1.97. The molecule has 1 aromatic rings. The number of allylic oxidation sites excluding steroid dienone is 3. The molecule has 22 heavy (non-hydrogen) atoms. The maximum Gasteiger partial charge on any atom is 0.330 e. The van der Waals surface area contributed by atoms with Gasteiger partial charge < -0.3 is 4.74 Å². The van der Waals surface area contributed by atoms with E-state index < -0.39 is 0 Å². The van der Waals surface area contributed by atoms with Crippen molar-refractivity contribution in [3.05, 3.63) is 66.8 Å². The molecule has 0 unspecified atom stereocenters. The van der Waals surface area contributed by atoms with Gasteiger partial charge in [-0.2, -0.15) is 5.26 Å². The molecule has 0 aliphatic carbocycles. The van der Waals surface area contributed by atoms with Crippen LogP contribution in [-0.4, -0.2) is 23.5 Å². The number of hydrogen-bond donors (Lipinski definition) is 0. The molecule has 0 heterocycles. The molecule has 0 amide bonds. The molecule has 0 saturated heterocycles. The standard InChI is InChI=1S/C11H9N.C7H12O2.H4Si/c12-10-6-2-5-9-11-7-3-1-4-8-11;1-3-5-6-9-7(8)4-2;/h1-9H;4H,2-3,5-6H2,1H3;1H4. The van der Waals surface area contributed by atoms with E-state index in [1.807, 2.05) is 55.5 Å². The summed E-state index contributed by atoms with van der Waals surface area (Å²) in [7, 11) is 0. The molecule has 1 aromatic carbocycles. The van der Waals surface area contributed by atoms with Crippen LogP contribution in [0.2, 0.25) is 0 Å². The molecule has 3 nitrogen and oxygen atoms in total. The van der Waals surface area contributed by atoms with Gasteiger partial charge in [-0.05, 0) is 22.9 Å². The van der Waals surface area contributed by atoms with E-state index in [0.29, 0.717) is 6.61 Å². The number of rotatable bonds is 6. The van der Waals surface area contributed by atoms with Gasteiger partial charge in [-0.25, -0.2) is 4.79 Å². The third kappa shape index (κ3) is 14.0. The van der Waals surface area contributed by atoms with Gasteiger partial charge in [-0.1, -0.05) is 68.5 Å². The van der Waals surface area contributed by atoms with E-state index in [1.165, 1.54) is 12.2 Å². The maximum absolute atomic E-state index is 10.3. The fourth-order valence-corrected chi connectivity index (χ4v) is 1.21. The van der Waals surface area contributed by atoms with Crippen molar-refractivity contribution < 1.29 is 9.53 Å². The van der Waals surface area contributed by atoms with Crippen molar-refractivity contribution in [1.82, 2.24) is 0 Å². The number of ether oxygens (including phenoxy) is 1. The van der Waals surface area contributed by atoms with Crippen LogP contribution in [0.4, 0.5) is 0 Å². The van der Waals surface area contributed by atoms with E-state index in [9.17, 15) is 4.79 Å². The molecular weight excluding hydrogens is 290 g/mol. The third-order valence-corrected chi connectivity index (χ3v) is 2.28. The van der Waals surface area contributed by atoms with Crippen LogP contribution in [0.5, 0.6) is 0 Å². The lowest BCUT2D eigenvalue weighted by molar-refractivity contribution is -0.137. The normalized spacial score (nSPS) is 9.27. The highest BCUT2D eigenvalue weighted by Crippen LogP contribution is 2.00.